The summed E-state index contributed by atoms with van der Waals surface area (Å²) >= 11 is 0. The second-order valence-corrected chi connectivity index (χ2v) is 6.52. The van der Waals surface area contributed by atoms with Crippen LogP contribution in [-0.4, -0.2) is 60.2 Å². The molecule has 0 saturated heterocycles. The summed E-state index contributed by atoms with van der Waals surface area (Å²) in [5, 5.41) is 16.0. The predicted molar refractivity (Wildman–Crippen MR) is 107 cm³/mol. The maximum Gasteiger partial charge on any atom is 0.270 e. The highest BCUT2D eigenvalue weighted by Gasteiger charge is 2.37. The van der Waals surface area contributed by atoms with Crippen LogP contribution in [0.25, 0.3) is 0 Å². The Bertz CT molecular complexity index is 1080. The minimum Gasteiger partial charge on any atom is -0.497 e. The molecule has 0 bridgehead atoms. The number of benzene rings is 2. The molecule has 2 N–H and O–H groups in total. The Kier molecular flexibility index (Phi) is 6.24. The van der Waals surface area contributed by atoms with E-state index in [9.17, 15) is 29.3 Å². The van der Waals surface area contributed by atoms with Crippen LogP contribution < -0.4 is 15.4 Å². The minimum atomic E-state index is -0.773. The van der Waals surface area contributed by atoms with Gasteiger partial charge in [-0.3, -0.25) is 34.2 Å². The van der Waals surface area contributed by atoms with Crippen molar-refractivity contribution in [2.75, 3.05) is 26.7 Å². The molecule has 0 aliphatic carbocycles. The van der Waals surface area contributed by atoms with Gasteiger partial charge in [0.25, 0.3) is 23.4 Å². The minimum absolute atomic E-state index is 0.00829. The van der Waals surface area contributed by atoms with Gasteiger partial charge in [-0.05, 0) is 24.3 Å². The molecule has 160 valence electrons. The summed E-state index contributed by atoms with van der Waals surface area (Å²) in [6.07, 6.45) is 0. The number of hydrogen-bond acceptors (Lipinski definition) is 7. The third kappa shape index (κ3) is 4.66. The molecule has 0 fully saturated rings. The summed E-state index contributed by atoms with van der Waals surface area (Å²) < 4.78 is 5.05. The number of carbonyl (C=O) groups excluding carboxylic acids is 4. The number of nitrogens with zero attached hydrogens (tertiary/aromatic N) is 2. The van der Waals surface area contributed by atoms with Crippen LogP contribution in [0.5, 0.6) is 5.75 Å². The first-order valence-electron chi connectivity index (χ1n) is 9.15. The standard InChI is InChI=1S/C20H18N4O7/c1-31-14-4-2-3-12(9-14)18(26)22-8-7-21-17(25)11-23-19(27)15-6-5-13(24(29)30)10-16(15)20(23)28/h2-6,9-10H,7-8,11H2,1H3,(H,21,25)(H,22,26). The van der Waals surface area contributed by atoms with E-state index in [2.05, 4.69) is 10.6 Å². The van der Waals surface area contributed by atoms with Crippen LogP contribution in [-0.2, 0) is 4.79 Å². The molecule has 0 atom stereocenters. The maximum absolute atomic E-state index is 12.4. The van der Waals surface area contributed by atoms with Gasteiger partial charge in [0.2, 0.25) is 5.91 Å². The summed E-state index contributed by atoms with van der Waals surface area (Å²) in [7, 11) is 1.49. The van der Waals surface area contributed by atoms with Crippen LogP contribution in [0.2, 0.25) is 0 Å². The maximum atomic E-state index is 12.4. The summed E-state index contributed by atoms with van der Waals surface area (Å²) in [5.74, 6) is -1.90. The second-order valence-electron chi connectivity index (χ2n) is 6.52. The molecule has 1 aliphatic heterocycles. The van der Waals surface area contributed by atoms with Crippen LogP contribution in [0.1, 0.15) is 31.1 Å². The zero-order chi connectivity index (χ0) is 22.5. The molecular weight excluding hydrogens is 408 g/mol. The van der Waals surface area contributed by atoms with Crippen molar-refractivity contribution in [1.29, 1.82) is 0 Å². The Morgan fingerprint density at radius 1 is 1.03 bits per heavy atom. The molecule has 0 radical (unpaired) electrons. The number of nitro benzene ring substituents is 1. The third-order valence-corrected chi connectivity index (χ3v) is 4.53. The normalized spacial score (nSPS) is 12.4. The molecule has 0 aromatic heterocycles. The lowest BCUT2D eigenvalue weighted by molar-refractivity contribution is -0.384. The number of methoxy groups -OCH3 is 1. The van der Waals surface area contributed by atoms with Gasteiger partial charge in [-0.1, -0.05) is 6.07 Å². The predicted octanol–water partition coefficient (Wildman–Crippen LogP) is 0.746. The average molecular weight is 426 g/mol. The van der Waals surface area contributed by atoms with E-state index >= 15 is 0 Å². The van der Waals surface area contributed by atoms with Gasteiger partial charge in [0.05, 0.1) is 23.2 Å². The second kappa shape index (κ2) is 9.03. The fraction of sp³-hybridized carbons (Fsp3) is 0.200. The van der Waals surface area contributed by atoms with Gasteiger partial charge in [0, 0.05) is 30.8 Å². The third-order valence-electron chi connectivity index (χ3n) is 4.53. The van der Waals surface area contributed by atoms with Crippen molar-refractivity contribution in [2.45, 2.75) is 0 Å². The van der Waals surface area contributed by atoms with Crippen LogP contribution in [0, 0.1) is 10.1 Å². The van der Waals surface area contributed by atoms with Gasteiger partial charge in [-0.15, -0.1) is 0 Å². The molecule has 3 rings (SSSR count). The number of hydrogen-bond donors (Lipinski definition) is 2. The van der Waals surface area contributed by atoms with Gasteiger partial charge >= 0.3 is 0 Å². The number of carbonyl (C=O) groups is 4. The van der Waals surface area contributed by atoms with Crippen LogP contribution >= 0.6 is 0 Å². The zero-order valence-corrected chi connectivity index (χ0v) is 16.4. The van der Waals surface area contributed by atoms with E-state index in [1.165, 1.54) is 13.2 Å². The molecule has 4 amide bonds. The number of nitro groups is 1. The first kappa shape index (κ1) is 21.4. The van der Waals surface area contributed by atoms with E-state index < -0.39 is 29.2 Å². The first-order valence-corrected chi connectivity index (χ1v) is 9.15. The summed E-state index contributed by atoms with van der Waals surface area (Å²) in [5.41, 5.74) is -0.0321. The average Bonchev–Trinajstić information content (AvgIpc) is 3.00. The fourth-order valence-corrected chi connectivity index (χ4v) is 2.98. The fourth-order valence-electron chi connectivity index (χ4n) is 2.98. The molecule has 2 aromatic rings. The Labute approximate surface area is 176 Å². The van der Waals surface area contributed by atoms with Crippen molar-refractivity contribution < 1.29 is 28.8 Å². The van der Waals surface area contributed by atoms with Gasteiger partial charge < -0.3 is 15.4 Å². The van der Waals surface area contributed by atoms with E-state index in [0.29, 0.717) is 11.3 Å². The lowest BCUT2D eigenvalue weighted by Crippen LogP contribution is -2.42. The number of fused-ring (bicyclic) bond motifs is 1. The molecule has 0 spiro atoms. The lowest BCUT2D eigenvalue weighted by Gasteiger charge is -2.13. The van der Waals surface area contributed by atoms with Crippen LogP contribution in [0.3, 0.4) is 0 Å². The molecule has 1 heterocycles. The van der Waals surface area contributed by atoms with Crippen LogP contribution in [0.4, 0.5) is 5.69 Å². The van der Waals surface area contributed by atoms with Crippen molar-refractivity contribution in [3.05, 3.63) is 69.3 Å². The molecule has 31 heavy (non-hydrogen) atoms. The smallest absolute Gasteiger partial charge is 0.270 e. The van der Waals surface area contributed by atoms with Gasteiger partial charge in [-0.2, -0.15) is 0 Å². The highest BCUT2D eigenvalue weighted by atomic mass is 16.6. The van der Waals surface area contributed by atoms with Crippen molar-refractivity contribution in [1.82, 2.24) is 15.5 Å². The van der Waals surface area contributed by atoms with E-state index in [-0.39, 0.29) is 35.8 Å². The Morgan fingerprint density at radius 3 is 2.45 bits per heavy atom. The highest BCUT2D eigenvalue weighted by molar-refractivity contribution is 6.22. The van der Waals surface area contributed by atoms with Crippen molar-refractivity contribution in [3.8, 4) is 5.75 Å². The van der Waals surface area contributed by atoms with E-state index in [1.807, 2.05) is 0 Å². The molecular formula is C20H18N4O7. The summed E-state index contributed by atoms with van der Waals surface area (Å²) in [4.78, 5) is 59.8. The zero-order valence-electron chi connectivity index (χ0n) is 16.4. The lowest BCUT2D eigenvalue weighted by atomic mass is 10.1. The molecule has 2 aromatic carbocycles. The quantitative estimate of drug-likeness (QED) is 0.274. The molecule has 11 heteroatoms. The van der Waals surface area contributed by atoms with E-state index in [4.69, 9.17) is 4.74 Å². The molecule has 1 aliphatic rings. The monoisotopic (exact) mass is 426 g/mol. The SMILES string of the molecule is COc1cccc(C(=O)NCCNC(=O)CN2C(=O)c3ccc([N+](=O)[O-])cc3C2=O)c1. The van der Waals surface area contributed by atoms with E-state index in [0.717, 1.165) is 17.0 Å². The number of ether oxygens (including phenoxy) is 1. The van der Waals surface area contributed by atoms with Gasteiger partial charge in [-0.25, -0.2) is 0 Å². The van der Waals surface area contributed by atoms with Crippen LogP contribution in [0.15, 0.2) is 42.5 Å². The number of rotatable bonds is 8. The van der Waals surface area contributed by atoms with Gasteiger partial charge in [0.1, 0.15) is 12.3 Å². The molecule has 0 unspecified atom stereocenters. The largest absolute Gasteiger partial charge is 0.497 e. The van der Waals surface area contributed by atoms with Crippen molar-refractivity contribution in [2.24, 2.45) is 0 Å². The summed E-state index contributed by atoms with van der Waals surface area (Å²) in [6.45, 7) is -0.344. The Hall–Kier alpha value is -4.28. The molecule has 11 nitrogen and oxygen atoms in total. The number of nitrogens with one attached hydrogen (secondary N) is 2. The van der Waals surface area contributed by atoms with Crippen molar-refractivity contribution >= 4 is 29.3 Å². The van der Waals surface area contributed by atoms with E-state index in [1.54, 1.807) is 24.3 Å². The highest BCUT2D eigenvalue weighted by Crippen LogP contribution is 2.26. The van der Waals surface area contributed by atoms with Crippen molar-refractivity contribution in [3.63, 3.8) is 0 Å². The Morgan fingerprint density at radius 2 is 1.74 bits per heavy atom. The molecule has 0 saturated carbocycles. The number of imide groups is 1. The number of non-ortho nitro benzene ring substituents is 1. The summed E-state index contributed by atoms with van der Waals surface area (Å²) in [6, 6.07) is 9.89. The Balaban J connectivity index is 1.49. The topological polar surface area (TPSA) is 148 Å². The van der Waals surface area contributed by atoms with Gasteiger partial charge in [0.15, 0.2) is 0 Å². The number of amides is 4. The first-order chi connectivity index (χ1) is 14.8.